The highest BCUT2D eigenvalue weighted by Gasteiger charge is 1.96. The van der Waals surface area contributed by atoms with Crippen LogP contribution in [0.2, 0.25) is 0 Å². The van der Waals surface area contributed by atoms with Gasteiger partial charge in [-0.3, -0.25) is 4.98 Å². The van der Waals surface area contributed by atoms with Gasteiger partial charge in [0, 0.05) is 17.6 Å². The van der Waals surface area contributed by atoms with E-state index in [4.69, 9.17) is 9.84 Å². The second-order valence-electron chi connectivity index (χ2n) is 2.93. The molecule has 2 aromatic rings. The summed E-state index contributed by atoms with van der Waals surface area (Å²) in [6, 6.07) is 9.59. The molecule has 3 heteroatoms. The Kier molecular flexibility index (Phi) is 2.60. The minimum absolute atomic E-state index is 0.0280. The van der Waals surface area contributed by atoms with Gasteiger partial charge >= 0.3 is 0 Å². The van der Waals surface area contributed by atoms with Gasteiger partial charge in [0.25, 0.3) is 0 Å². The molecule has 0 aliphatic rings. The number of aromatic nitrogens is 1. The monoisotopic (exact) mass is 189 g/mol. The summed E-state index contributed by atoms with van der Waals surface area (Å²) >= 11 is 0. The number of rotatable bonds is 3. The first-order chi connectivity index (χ1) is 6.90. The van der Waals surface area contributed by atoms with Crippen molar-refractivity contribution in [2.75, 3.05) is 13.2 Å². The van der Waals surface area contributed by atoms with Crippen LogP contribution in [0.4, 0.5) is 0 Å². The van der Waals surface area contributed by atoms with Gasteiger partial charge in [0.05, 0.1) is 12.1 Å². The lowest BCUT2D eigenvalue weighted by Crippen LogP contribution is -2.01. The quantitative estimate of drug-likeness (QED) is 0.797. The molecule has 0 aliphatic heterocycles. The summed E-state index contributed by atoms with van der Waals surface area (Å²) in [6.07, 6.45) is 1.75. The number of pyridine rings is 1. The van der Waals surface area contributed by atoms with Crippen LogP contribution in [0.5, 0.6) is 5.75 Å². The van der Waals surface area contributed by atoms with Crippen LogP contribution >= 0.6 is 0 Å². The average Bonchev–Trinajstić information content (AvgIpc) is 2.26. The van der Waals surface area contributed by atoms with E-state index in [1.807, 2.05) is 30.3 Å². The van der Waals surface area contributed by atoms with Gasteiger partial charge in [-0.05, 0) is 18.2 Å². The topological polar surface area (TPSA) is 42.4 Å². The zero-order valence-corrected chi connectivity index (χ0v) is 7.68. The van der Waals surface area contributed by atoms with Crippen molar-refractivity contribution < 1.29 is 9.84 Å². The van der Waals surface area contributed by atoms with Crippen molar-refractivity contribution in [3.63, 3.8) is 0 Å². The van der Waals surface area contributed by atoms with Crippen LogP contribution in [-0.2, 0) is 0 Å². The Morgan fingerprint density at radius 3 is 3.07 bits per heavy atom. The third-order valence-corrected chi connectivity index (χ3v) is 1.94. The highest BCUT2D eigenvalue weighted by molar-refractivity contribution is 5.79. The van der Waals surface area contributed by atoms with E-state index in [1.54, 1.807) is 6.20 Å². The second kappa shape index (κ2) is 4.07. The fourth-order valence-corrected chi connectivity index (χ4v) is 1.30. The van der Waals surface area contributed by atoms with E-state index in [0.29, 0.717) is 6.61 Å². The molecule has 0 fully saturated rings. The van der Waals surface area contributed by atoms with Gasteiger partial charge in [-0.1, -0.05) is 6.07 Å². The number of hydrogen-bond donors (Lipinski definition) is 1. The average molecular weight is 189 g/mol. The zero-order chi connectivity index (χ0) is 9.80. The highest BCUT2D eigenvalue weighted by Crippen LogP contribution is 2.18. The third-order valence-electron chi connectivity index (χ3n) is 1.94. The molecule has 72 valence electrons. The maximum absolute atomic E-state index is 8.60. The van der Waals surface area contributed by atoms with Gasteiger partial charge in [0.2, 0.25) is 0 Å². The number of aliphatic hydroxyl groups excluding tert-OH is 1. The van der Waals surface area contributed by atoms with Crippen LogP contribution in [0.25, 0.3) is 10.9 Å². The molecule has 14 heavy (non-hydrogen) atoms. The molecule has 1 aromatic heterocycles. The van der Waals surface area contributed by atoms with Gasteiger partial charge in [-0.15, -0.1) is 0 Å². The molecule has 0 saturated carbocycles. The van der Waals surface area contributed by atoms with Crippen LogP contribution in [0, 0.1) is 0 Å². The molecule has 0 aliphatic carbocycles. The standard InChI is InChI=1S/C11H11NO2/c13-6-7-14-10-4-3-9-2-1-5-12-11(9)8-10/h1-5,8,13H,6-7H2. The molecule has 1 heterocycles. The Morgan fingerprint density at radius 2 is 2.21 bits per heavy atom. The van der Waals surface area contributed by atoms with Crippen molar-refractivity contribution in [1.29, 1.82) is 0 Å². The molecule has 2 rings (SSSR count). The smallest absolute Gasteiger partial charge is 0.121 e. The van der Waals surface area contributed by atoms with E-state index in [1.165, 1.54) is 0 Å². The maximum Gasteiger partial charge on any atom is 0.121 e. The van der Waals surface area contributed by atoms with E-state index < -0.39 is 0 Å². The molecule has 0 radical (unpaired) electrons. The number of benzene rings is 1. The number of hydrogen-bond acceptors (Lipinski definition) is 3. The third kappa shape index (κ3) is 1.83. The minimum Gasteiger partial charge on any atom is -0.491 e. The van der Waals surface area contributed by atoms with Crippen molar-refractivity contribution in [2.24, 2.45) is 0 Å². The lowest BCUT2D eigenvalue weighted by Gasteiger charge is -2.04. The molecular weight excluding hydrogens is 178 g/mol. The van der Waals surface area contributed by atoms with Crippen LogP contribution in [0.3, 0.4) is 0 Å². The van der Waals surface area contributed by atoms with Crippen molar-refractivity contribution in [3.05, 3.63) is 36.5 Å². The molecule has 0 spiro atoms. The summed E-state index contributed by atoms with van der Waals surface area (Å²) in [5, 5.41) is 9.69. The normalized spacial score (nSPS) is 10.4. The van der Waals surface area contributed by atoms with Gasteiger partial charge in [-0.2, -0.15) is 0 Å². The first kappa shape index (κ1) is 8.97. The summed E-state index contributed by atoms with van der Waals surface area (Å²) in [5.41, 5.74) is 0.905. The fourth-order valence-electron chi connectivity index (χ4n) is 1.30. The Balaban J connectivity index is 2.32. The van der Waals surface area contributed by atoms with Gasteiger partial charge < -0.3 is 9.84 Å². The van der Waals surface area contributed by atoms with Crippen molar-refractivity contribution in [2.45, 2.75) is 0 Å². The van der Waals surface area contributed by atoms with Gasteiger partial charge in [0.1, 0.15) is 12.4 Å². The van der Waals surface area contributed by atoms with E-state index in [2.05, 4.69) is 4.98 Å². The highest BCUT2D eigenvalue weighted by atomic mass is 16.5. The molecule has 1 aromatic carbocycles. The van der Waals surface area contributed by atoms with Crippen molar-refractivity contribution in [1.82, 2.24) is 4.98 Å². The van der Waals surface area contributed by atoms with Crippen molar-refractivity contribution in [3.8, 4) is 5.75 Å². The maximum atomic E-state index is 8.60. The lowest BCUT2D eigenvalue weighted by molar-refractivity contribution is 0.201. The van der Waals surface area contributed by atoms with Crippen LogP contribution < -0.4 is 4.74 Å². The zero-order valence-electron chi connectivity index (χ0n) is 7.68. The summed E-state index contributed by atoms with van der Waals surface area (Å²) < 4.78 is 5.27. The molecule has 0 amide bonds. The summed E-state index contributed by atoms with van der Waals surface area (Å²) in [5.74, 6) is 0.741. The SMILES string of the molecule is OCCOc1ccc2cccnc2c1. The second-order valence-corrected chi connectivity index (χ2v) is 2.93. The largest absolute Gasteiger partial charge is 0.491 e. The fraction of sp³-hybridized carbons (Fsp3) is 0.182. The minimum atomic E-state index is 0.0280. The Bertz CT molecular complexity index is 428. The number of ether oxygens (including phenoxy) is 1. The lowest BCUT2D eigenvalue weighted by atomic mass is 10.2. The first-order valence-corrected chi connectivity index (χ1v) is 4.48. The van der Waals surface area contributed by atoms with Gasteiger partial charge in [-0.25, -0.2) is 0 Å². The van der Waals surface area contributed by atoms with Crippen LogP contribution in [0.1, 0.15) is 0 Å². The molecule has 0 unspecified atom stereocenters. The predicted octanol–water partition coefficient (Wildman–Crippen LogP) is 1.61. The molecule has 0 saturated heterocycles. The van der Waals surface area contributed by atoms with Crippen LogP contribution in [0.15, 0.2) is 36.5 Å². The molecular formula is C11H11NO2. The molecule has 0 atom stereocenters. The van der Waals surface area contributed by atoms with E-state index in [0.717, 1.165) is 16.7 Å². The molecule has 0 bridgehead atoms. The Morgan fingerprint density at radius 1 is 1.29 bits per heavy atom. The van der Waals surface area contributed by atoms with Crippen LogP contribution in [-0.4, -0.2) is 23.3 Å². The summed E-state index contributed by atoms with van der Waals surface area (Å²) in [4.78, 5) is 4.21. The van der Waals surface area contributed by atoms with E-state index >= 15 is 0 Å². The number of aliphatic hydroxyl groups is 1. The molecule has 3 nitrogen and oxygen atoms in total. The Hall–Kier alpha value is -1.61. The Labute approximate surface area is 82.0 Å². The predicted molar refractivity (Wildman–Crippen MR) is 54.3 cm³/mol. The van der Waals surface area contributed by atoms with Gasteiger partial charge in [0.15, 0.2) is 0 Å². The summed E-state index contributed by atoms with van der Waals surface area (Å²) in [6.45, 7) is 0.346. The summed E-state index contributed by atoms with van der Waals surface area (Å²) in [7, 11) is 0. The van der Waals surface area contributed by atoms with E-state index in [9.17, 15) is 0 Å². The van der Waals surface area contributed by atoms with E-state index in [-0.39, 0.29) is 6.61 Å². The number of nitrogens with zero attached hydrogens (tertiary/aromatic N) is 1. The van der Waals surface area contributed by atoms with Crippen molar-refractivity contribution >= 4 is 10.9 Å². The number of fused-ring (bicyclic) bond motifs is 1. The molecule has 1 N–H and O–H groups in total. The first-order valence-electron chi connectivity index (χ1n) is 4.48.